The molecule has 3 rings (SSSR count). The van der Waals surface area contributed by atoms with Crippen molar-refractivity contribution in [2.45, 2.75) is 13.8 Å². The van der Waals surface area contributed by atoms with Crippen LogP contribution in [0.5, 0.6) is 0 Å². The van der Waals surface area contributed by atoms with Gasteiger partial charge >= 0.3 is 0 Å². The molecule has 0 bridgehead atoms. The highest BCUT2D eigenvalue weighted by atomic mass is 35.5. The van der Waals surface area contributed by atoms with Gasteiger partial charge in [-0.25, -0.2) is 4.98 Å². The fourth-order valence-electron chi connectivity index (χ4n) is 2.04. The summed E-state index contributed by atoms with van der Waals surface area (Å²) in [6.07, 6.45) is 0. The number of hydrogen-bond donors (Lipinski definition) is 1. The molecule has 0 saturated heterocycles. The number of aryl methyl sites for hydroxylation is 1. The minimum Gasteiger partial charge on any atom is -0.453 e. The van der Waals surface area contributed by atoms with Crippen LogP contribution in [-0.4, -0.2) is 9.97 Å². The highest BCUT2D eigenvalue weighted by molar-refractivity contribution is 7.71. The second-order valence-electron chi connectivity index (χ2n) is 4.40. The van der Waals surface area contributed by atoms with E-state index in [9.17, 15) is 0 Å². The third-order valence-electron chi connectivity index (χ3n) is 3.01. The van der Waals surface area contributed by atoms with Crippen LogP contribution in [0.3, 0.4) is 0 Å². The van der Waals surface area contributed by atoms with Gasteiger partial charge in [0.05, 0.1) is 10.7 Å². The molecule has 0 unspecified atom stereocenters. The number of nitrogens with zero attached hydrogens (tertiary/aromatic N) is 1. The average molecular weight is 291 g/mol. The maximum atomic E-state index is 6.12. The Balaban J connectivity index is 2.31. The summed E-state index contributed by atoms with van der Waals surface area (Å²) in [5.74, 6) is 1.48. The summed E-state index contributed by atoms with van der Waals surface area (Å²) >= 11 is 11.4. The molecular formula is C14H11ClN2OS. The van der Waals surface area contributed by atoms with Crippen LogP contribution in [0.1, 0.15) is 11.4 Å². The number of fused-ring (bicyclic) bond motifs is 1. The van der Waals surface area contributed by atoms with Crippen molar-refractivity contribution in [1.29, 1.82) is 0 Å². The van der Waals surface area contributed by atoms with Gasteiger partial charge in [-0.2, -0.15) is 0 Å². The van der Waals surface area contributed by atoms with Crippen LogP contribution in [0.4, 0.5) is 0 Å². The van der Waals surface area contributed by atoms with Gasteiger partial charge in [-0.3, -0.25) is 0 Å². The minimum absolute atomic E-state index is 0.581. The van der Waals surface area contributed by atoms with Crippen molar-refractivity contribution in [1.82, 2.24) is 9.97 Å². The molecule has 0 radical (unpaired) electrons. The number of nitrogens with one attached hydrogen (secondary N) is 1. The number of furan rings is 1. The van der Waals surface area contributed by atoms with E-state index in [1.165, 1.54) is 0 Å². The van der Waals surface area contributed by atoms with Crippen LogP contribution < -0.4 is 0 Å². The maximum Gasteiger partial charge on any atom is 0.153 e. The van der Waals surface area contributed by atoms with Crippen LogP contribution in [0.15, 0.2) is 28.7 Å². The Labute approximate surface area is 120 Å². The van der Waals surface area contributed by atoms with E-state index in [-0.39, 0.29) is 0 Å². The molecule has 0 aliphatic heterocycles. The SMILES string of the molecule is Cc1nc(=S)c(C)c(-c2cc3cccc(Cl)c3o2)[nH]1. The molecule has 3 nitrogen and oxygen atoms in total. The van der Waals surface area contributed by atoms with E-state index >= 15 is 0 Å². The van der Waals surface area contributed by atoms with Crippen molar-refractivity contribution in [3.63, 3.8) is 0 Å². The number of para-hydroxylation sites is 1. The predicted octanol–water partition coefficient (Wildman–Crippen LogP) is 4.82. The van der Waals surface area contributed by atoms with Crippen molar-refractivity contribution in [2.75, 3.05) is 0 Å². The molecule has 0 amide bonds. The number of aromatic amines is 1. The Morgan fingerprint density at radius 1 is 1.32 bits per heavy atom. The lowest BCUT2D eigenvalue weighted by Gasteiger charge is -2.04. The minimum atomic E-state index is 0.581. The van der Waals surface area contributed by atoms with E-state index in [1.54, 1.807) is 0 Å². The summed E-state index contributed by atoms with van der Waals surface area (Å²) in [5, 5.41) is 1.57. The van der Waals surface area contributed by atoms with E-state index in [0.717, 1.165) is 28.2 Å². The van der Waals surface area contributed by atoms with Crippen molar-refractivity contribution >= 4 is 34.8 Å². The fraction of sp³-hybridized carbons (Fsp3) is 0.143. The van der Waals surface area contributed by atoms with Gasteiger partial charge in [0.15, 0.2) is 11.3 Å². The molecule has 2 heterocycles. The summed E-state index contributed by atoms with van der Waals surface area (Å²) in [7, 11) is 0. The van der Waals surface area contributed by atoms with Crippen LogP contribution in [0.2, 0.25) is 5.02 Å². The first-order valence-electron chi connectivity index (χ1n) is 5.82. The Morgan fingerprint density at radius 3 is 2.84 bits per heavy atom. The first-order chi connectivity index (χ1) is 9.06. The number of halogens is 1. The molecule has 0 aliphatic carbocycles. The van der Waals surface area contributed by atoms with E-state index in [1.807, 2.05) is 38.1 Å². The number of rotatable bonds is 1. The summed E-state index contributed by atoms with van der Waals surface area (Å²) in [4.78, 5) is 7.42. The van der Waals surface area contributed by atoms with Crippen LogP contribution in [0, 0.1) is 18.5 Å². The first-order valence-corrected chi connectivity index (χ1v) is 6.61. The van der Waals surface area contributed by atoms with Crippen LogP contribution >= 0.6 is 23.8 Å². The first kappa shape index (κ1) is 12.4. The molecule has 0 atom stereocenters. The zero-order valence-electron chi connectivity index (χ0n) is 10.5. The zero-order valence-corrected chi connectivity index (χ0v) is 12.0. The van der Waals surface area contributed by atoms with E-state index < -0.39 is 0 Å². The highest BCUT2D eigenvalue weighted by Crippen LogP contribution is 2.32. The predicted molar refractivity (Wildman–Crippen MR) is 79.1 cm³/mol. The van der Waals surface area contributed by atoms with Gasteiger partial charge in [-0.15, -0.1) is 0 Å². The van der Waals surface area contributed by atoms with Crippen molar-refractivity contribution in [3.05, 3.63) is 45.3 Å². The molecule has 0 fully saturated rings. The lowest BCUT2D eigenvalue weighted by atomic mass is 10.2. The zero-order chi connectivity index (χ0) is 13.6. The van der Waals surface area contributed by atoms with Crippen molar-refractivity contribution in [2.24, 2.45) is 0 Å². The highest BCUT2D eigenvalue weighted by Gasteiger charge is 2.12. The molecule has 1 N–H and O–H groups in total. The lowest BCUT2D eigenvalue weighted by molar-refractivity contribution is 0.627. The summed E-state index contributed by atoms with van der Waals surface area (Å²) in [5.41, 5.74) is 2.44. The Bertz CT molecular complexity index is 835. The molecule has 3 aromatic rings. The summed E-state index contributed by atoms with van der Waals surface area (Å²) in [6.45, 7) is 3.80. The largest absolute Gasteiger partial charge is 0.453 e. The normalized spacial score (nSPS) is 11.1. The smallest absolute Gasteiger partial charge is 0.153 e. The van der Waals surface area contributed by atoms with E-state index in [4.69, 9.17) is 28.2 Å². The number of H-pyrrole nitrogens is 1. The monoisotopic (exact) mass is 290 g/mol. The second-order valence-corrected chi connectivity index (χ2v) is 5.19. The van der Waals surface area contributed by atoms with E-state index in [2.05, 4.69) is 9.97 Å². The van der Waals surface area contributed by atoms with Gasteiger partial charge in [0.2, 0.25) is 0 Å². The lowest BCUT2D eigenvalue weighted by Crippen LogP contribution is -1.95. The molecule has 5 heteroatoms. The molecule has 2 aromatic heterocycles. The van der Waals surface area contributed by atoms with Gasteiger partial charge in [0, 0.05) is 10.9 Å². The molecule has 0 aliphatic rings. The average Bonchev–Trinajstić information content (AvgIpc) is 2.79. The molecule has 1 aromatic carbocycles. The van der Waals surface area contributed by atoms with Crippen molar-refractivity contribution in [3.8, 4) is 11.5 Å². The molecule has 96 valence electrons. The van der Waals surface area contributed by atoms with Gasteiger partial charge in [0.25, 0.3) is 0 Å². The quantitative estimate of drug-likeness (QED) is 0.653. The van der Waals surface area contributed by atoms with Crippen LogP contribution in [0.25, 0.3) is 22.4 Å². The summed E-state index contributed by atoms with van der Waals surface area (Å²) in [6, 6.07) is 7.63. The number of benzene rings is 1. The van der Waals surface area contributed by atoms with Crippen LogP contribution in [-0.2, 0) is 0 Å². The molecule has 0 spiro atoms. The fourth-order valence-corrected chi connectivity index (χ4v) is 2.50. The summed E-state index contributed by atoms with van der Waals surface area (Å²) < 4.78 is 6.42. The van der Waals surface area contributed by atoms with Gasteiger partial charge in [-0.1, -0.05) is 36.0 Å². The number of aromatic nitrogens is 2. The van der Waals surface area contributed by atoms with Gasteiger partial charge in [-0.05, 0) is 26.0 Å². The second kappa shape index (κ2) is 4.47. The van der Waals surface area contributed by atoms with Gasteiger partial charge in [0.1, 0.15) is 10.5 Å². The Kier molecular flexibility index (Phi) is 2.92. The number of hydrogen-bond acceptors (Lipinski definition) is 3. The topological polar surface area (TPSA) is 41.8 Å². The Hall–Kier alpha value is -1.65. The standard InChI is InChI=1S/C14H11ClN2OS/c1-7-12(16-8(2)17-14(7)19)11-6-9-4-3-5-10(15)13(9)18-11/h3-6H,1-2H3,(H,16,17,19). The molecule has 0 saturated carbocycles. The molecular weight excluding hydrogens is 280 g/mol. The third kappa shape index (κ3) is 2.07. The van der Waals surface area contributed by atoms with Crippen molar-refractivity contribution < 1.29 is 4.42 Å². The van der Waals surface area contributed by atoms with Gasteiger partial charge < -0.3 is 9.40 Å². The molecule has 19 heavy (non-hydrogen) atoms. The third-order valence-corrected chi connectivity index (χ3v) is 3.71. The van der Waals surface area contributed by atoms with E-state index in [0.29, 0.717) is 15.2 Å². The Morgan fingerprint density at radius 2 is 2.11 bits per heavy atom. The maximum absolute atomic E-state index is 6.12.